The van der Waals surface area contributed by atoms with Crippen LogP contribution in [0.5, 0.6) is 5.75 Å². The van der Waals surface area contributed by atoms with Crippen molar-refractivity contribution in [1.82, 2.24) is 15.3 Å². The van der Waals surface area contributed by atoms with Crippen molar-refractivity contribution in [3.63, 3.8) is 0 Å². The molecule has 5 heteroatoms. The van der Waals surface area contributed by atoms with Crippen molar-refractivity contribution < 1.29 is 9.53 Å². The van der Waals surface area contributed by atoms with Gasteiger partial charge in [0.15, 0.2) is 0 Å². The van der Waals surface area contributed by atoms with E-state index >= 15 is 0 Å². The zero-order chi connectivity index (χ0) is 12.1. The van der Waals surface area contributed by atoms with Gasteiger partial charge in [-0.1, -0.05) is 18.2 Å². The van der Waals surface area contributed by atoms with Crippen LogP contribution in [0.3, 0.4) is 0 Å². The monoisotopic (exact) mass is 231 g/mol. The van der Waals surface area contributed by atoms with Gasteiger partial charge in [-0.2, -0.15) is 0 Å². The molecule has 1 aromatic carbocycles. The summed E-state index contributed by atoms with van der Waals surface area (Å²) in [6, 6.07) is 7.56. The minimum absolute atomic E-state index is 0.187. The third-order valence-corrected chi connectivity index (χ3v) is 2.37. The standard InChI is InChI=1S/C12H13N3O2/c1-17-11-5-3-2-4-9(11)6-14-12(16)10-7-13-8-15-10/h2-5,7-8H,6H2,1H3,(H,13,15)(H,14,16). The van der Waals surface area contributed by atoms with Gasteiger partial charge in [-0.15, -0.1) is 0 Å². The molecule has 0 fully saturated rings. The van der Waals surface area contributed by atoms with E-state index in [-0.39, 0.29) is 5.91 Å². The third-order valence-electron chi connectivity index (χ3n) is 2.37. The van der Waals surface area contributed by atoms with Crippen molar-refractivity contribution in [2.24, 2.45) is 0 Å². The van der Waals surface area contributed by atoms with E-state index in [1.165, 1.54) is 12.5 Å². The molecule has 88 valence electrons. The molecule has 0 bridgehead atoms. The molecule has 5 nitrogen and oxygen atoms in total. The van der Waals surface area contributed by atoms with Crippen molar-refractivity contribution in [2.75, 3.05) is 7.11 Å². The highest BCUT2D eigenvalue weighted by Gasteiger charge is 2.07. The fourth-order valence-electron chi connectivity index (χ4n) is 1.50. The summed E-state index contributed by atoms with van der Waals surface area (Å²) in [5.41, 5.74) is 1.38. The number of hydrogen-bond acceptors (Lipinski definition) is 3. The van der Waals surface area contributed by atoms with E-state index in [1.54, 1.807) is 7.11 Å². The first-order valence-corrected chi connectivity index (χ1v) is 5.19. The maximum absolute atomic E-state index is 11.7. The van der Waals surface area contributed by atoms with Crippen LogP contribution >= 0.6 is 0 Å². The Balaban J connectivity index is 2.00. The first-order chi connectivity index (χ1) is 8.31. The maximum Gasteiger partial charge on any atom is 0.269 e. The van der Waals surface area contributed by atoms with Gasteiger partial charge in [0.1, 0.15) is 11.4 Å². The molecule has 0 unspecified atom stereocenters. The zero-order valence-electron chi connectivity index (χ0n) is 9.43. The second-order valence-electron chi connectivity index (χ2n) is 3.46. The van der Waals surface area contributed by atoms with E-state index in [2.05, 4.69) is 15.3 Å². The van der Waals surface area contributed by atoms with E-state index in [0.29, 0.717) is 12.2 Å². The number of rotatable bonds is 4. The van der Waals surface area contributed by atoms with E-state index in [9.17, 15) is 4.79 Å². The summed E-state index contributed by atoms with van der Waals surface area (Å²) in [5.74, 6) is 0.575. The summed E-state index contributed by atoms with van der Waals surface area (Å²) in [4.78, 5) is 18.2. The van der Waals surface area contributed by atoms with Crippen LogP contribution in [-0.2, 0) is 6.54 Å². The predicted octanol–water partition coefficient (Wildman–Crippen LogP) is 1.35. The fraction of sp³-hybridized carbons (Fsp3) is 0.167. The van der Waals surface area contributed by atoms with Gasteiger partial charge in [-0.05, 0) is 6.07 Å². The number of para-hydroxylation sites is 1. The first-order valence-electron chi connectivity index (χ1n) is 5.19. The summed E-state index contributed by atoms with van der Waals surface area (Å²) in [7, 11) is 1.61. The highest BCUT2D eigenvalue weighted by Crippen LogP contribution is 2.16. The highest BCUT2D eigenvalue weighted by molar-refractivity contribution is 5.91. The van der Waals surface area contributed by atoms with Gasteiger partial charge in [-0.3, -0.25) is 4.79 Å². The quantitative estimate of drug-likeness (QED) is 0.834. The maximum atomic E-state index is 11.7. The van der Waals surface area contributed by atoms with Gasteiger partial charge in [0.05, 0.1) is 19.6 Å². The summed E-state index contributed by atoms with van der Waals surface area (Å²) in [6.07, 6.45) is 2.95. The lowest BCUT2D eigenvalue weighted by atomic mass is 10.2. The summed E-state index contributed by atoms with van der Waals surface area (Å²) < 4.78 is 5.20. The molecule has 0 aliphatic rings. The number of aromatic amines is 1. The van der Waals surface area contributed by atoms with Crippen LogP contribution in [-0.4, -0.2) is 23.0 Å². The Morgan fingerprint density at radius 2 is 2.29 bits per heavy atom. The Hall–Kier alpha value is -2.30. The Kier molecular flexibility index (Phi) is 3.40. The van der Waals surface area contributed by atoms with Gasteiger partial charge >= 0.3 is 0 Å². The minimum atomic E-state index is -0.187. The average Bonchev–Trinajstić information content (AvgIpc) is 2.90. The summed E-state index contributed by atoms with van der Waals surface area (Å²) in [5, 5.41) is 2.79. The van der Waals surface area contributed by atoms with E-state index in [0.717, 1.165) is 11.3 Å². The molecule has 1 amide bonds. The van der Waals surface area contributed by atoms with Crippen LogP contribution in [0.4, 0.5) is 0 Å². The smallest absolute Gasteiger partial charge is 0.269 e. The Bertz CT molecular complexity index is 494. The average molecular weight is 231 g/mol. The molecule has 0 saturated carbocycles. The lowest BCUT2D eigenvalue weighted by Crippen LogP contribution is -2.23. The van der Waals surface area contributed by atoms with Crippen LogP contribution < -0.4 is 10.1 Å². The summed E-state index contributed by atoms with van der Waals surface area (Å²) >= 11 is 0. The number of carbonyl (C=O) groups is 1. The molecule has 0 aliphatic heterocycles. The molecule has 2 N–H and O–H groups in total. The zero-order valence-corrected chi connectivity index (χ0v) is 9.43. The normalized spacial score (nSPS) is 9.94. The Morgan fingerprint density at radius 3 is 3.00 bits per heavy atom. The van der Waals surface area contributed by atoms with Gasteiger partial charge in [0.2, 0.25) is 0 Å². The van der Waals surface area contributed by atoms with Crippen LogP contribution in [0.1, 0.15) is 16.1 Å². The molecule has 17 heavy (non-hydrogen) atoms. The SMILES string of the molecule is COc1ccccc1CNC(=O)c1cnc[nH]1. The molecule has 0 spiro atoms. The lowest BCUT2D eigenvalue weighted by Gasteiger charge is -2.08. The molecule has 0 saturated heterocycles. The van der Waals surface area contributed by atoms with Crippen LogP contribution in [0.25, 0.3) is 0 Å². The molecule has 0 aliphatic carbocycles. The topological polar surface area (TPSA) is 67.0 Å². The van der Waals surface area contributed by atoms with Gasteiger partial charge in [0, 0.05) is 12.1 Å². The van der Waals surface area contributed by atoms with Gasteiger partial charge in [0.25, 0.3) is 5.91 Å². The number of nitrogens with one attached hydrogen (secondary N) is 2. The van der Waals surface area contributed by atoms with E-state index in [4.69, 9.17) is 4.74 Å². The molecule has 1 aromatic heterocycles. The first kappa shape index (κ1) is 11.2. The minimum Gasteiger partial charge on any atom is -0.496 e. The van der Waals surface area contributed by atoms with Gasteiger partial charge < -0.3 is 15.0 Å². The molecule has 0 atom stereocenters. The van der Waals surface area contributed by atoms with Crippen molar-refractivity contribution in [1.29, 1.82) is 0 Å². The number of carbonyl (C=O) groups excluding carboxylic acids is 1. The molecule has 0 radical (unpaired) electrons. The van der Waals surface area contributed by atoms with E-state index in [1.807, 2.05) is 24.3 Å². The number of H-pyrrole nitrogens is 1. The van der Waals surface area contributed by atoms with Crippen molar-refractivity contribution in [3.8, 4) is 5.75 Å². The largest absolute Gasteiger partial charge is 0.496 e. The van der Waals surface area contributed by atoms with Crippen molar-refractivity contribution in [2.45, 2.75) is 6.54 Å². The highest BCUT2D eigenvalue weighted by atomic mass is 16.5. The number of nitrogens with zero attached hydrogens (tertiary/aromatic N) is 1. The van der Waals surface area contributed by atoms with Gasteiger partial charge in [-0.25, -0.2) is 4.98 Å². The van der Waals surface area contributed by atoms with Crippen LogP contribution in [0, 0.1) is 0 Å². The second kappa shape index (κ2) is 5.16. The number of benzene rings is 1. The number of aromatic nitrogens is 2. The molecule has 2 rings (SSSR count). The summed E-state index contributed by atoms with van der Waals surface area (Å²) in [6.45, 7) is 0.419. The molecular formula is C12H13N3O2. The van der Waals surface area contributed by atoms with Crippen molar-refractivity contribution in [3.05, 3.63) is 48.0 Å². The number of imidazole rings is 1. The van der Waals surface area contributed by atoms with Crippen LogP contribution in [0.2, 0.25) is 0 Å². The number of methoxy groups -OCH3 is 1. The van der Waals surface area contributed by atoms with E-state index < -0.39 is 0 Å². The lowest BCUT2D eigenvalue weighted by molar-refractivity contribution is 0.0946. The predicted molar refractivity (Wildman–Crippen MR) is 62.8 cm³/mol. The molecule has 2 aromatic rings. The fourth-order valence-corrected chi connectivity index (χ4v) is 1.50. The Labute approximate surface area is 98.8 Å². The molecule has 1 heterocycles. The molecular weight excluding hydrogens is 218 g/mol. The number of hydrogen-bond donors (Lipinski definition) is 2. The third kappa shape index (κ3) is 2.63. The Morgan fingerprint density at radius 1 is 1.47 bits per heavy atom. The second-order valence-corrected chi connectivity index (χ2v) is 3.46. The van der Waals surface area contributed by atoms with Crippen molar-refractivity contribution >= 4 is 5.91 Å². The number of ether oxygens (including phenoxy) is 1. The van der Waals surface area contributed by atoms with Crippen LogP contribution in [0.15, 0.2) is 36.8 Å². The number of amides is 1.